The number of hydrogen-bond acceptors (Lipinski definition) is 2. The third-order valence-electron chi connectivity index (χ3n) is 3.24. The van der Waals surface area contributed by atoms with E-state index in [-0.39, 0.29) is 10.7 Å². The van der Waals surface area contributed by atoms with Crippen LogP contribution in [0.25, 0.3) is 0 Å². The van der Waals surface area contributed by atoms with Gasteiger partial charge in [-0.3, -0.25) is 4.79 Å². The number of alkyl halides is 1. The summed E-state index contributed by atoms with van der Waals surface area (Å²) in [5.41, 5.74) is -0.479. The molecule has 96 valence electrons. The van der Waals surface area contributed by atoms with Gasteiger partial charge in [0.05, 0.1) is 5.41 Å². The second kappa shape index (κ2) is 6.75. The molecule has 0 fully saturated rings. The molecular weight excluding hydrogens is 242 g/mol. The number of rotatable bonds is 7. The Balaban J connectivity index is 4.38. The van der Waals surface area contributed by atoms with Crippen molar-refractivity contribution >= 4 is 29.3 Å². The summed E-state index contributed by atoms with van der Waals surface area (Å²) in [7, 11) is 0. The van der Waals surface area contributed by atoms with Crippen LogP contribution in [0.1, 0.15) is 40.5 Å². The van der Waals surface area contributed by atoms with E-state index in [4.69, 9.17) is 11.6 Å². The summed E-state index contributed by atoms with van der Waals surface area (Å²) in [6.07, 6.45) is 4.23. The first-order valence-electron chi connectivity index (χ1n) is 5.77. The number of thioether (sulfide) groups is 1. The van der Waals surface area contributed by atoms with Gasteiger partial charge in [0.15, 0.2) is 0 Å². The van der Waals surface area contributed by atoms with Gasteiger partial charge < -0.3 is 5.32 Å². The molecule has 0 atom stereocenters. The van der Waals surface area contributed by atoms with E-state index in [0.29, 0.717) is 5.88 Å². The Kier molecular flexibility index (Phi) is 6.80. The lowest BCUT2D eigenvalue weighted by atomic mass is 9.94. The second-order valence-corrected chi connectivity index (χ2v) is 6.34. The van der Waals surface area contributed by atoms with E-state index in [1.54, 1.807) is 0 Å². The largest absolute Gasteiger partial charge is 0.354 e. The highest BCUT2D eigenvalue weighted by molar-refractivity contribution is 8.00. The lowest BCUT2D eigenvalue weighted by molar-refractivity contribution is -0.128. The summed E-state index contributed by atoms with van der Waals surface area (Å²) in [4.78, 5) is 11.9. The number of halogens is 1. The fourth-order valence-corrected chi connectivity index (χ4v) is 2.32. The van der Waals surface area contributed by atoms with Crippen LogP contribution in [0, 0.1) is 5.41 Å². The fourth-order valence-electron chi connectivity index (χ4n) is 1.40. The van der Waals surface area contributed by atoms with Crippen molar-refractivity contribution < 1.29 is 4.79 Å². The predicted octanol–water partition coefficient (Wildman–Crippen LogP) is 3.29. The smallest absolute Gasteiger partial charge is 0.226 e. The summed E-state index contributed by atoms with van der Waals surface area (Å²) in [5.74, 6) is 0.395. The molecule has 0 rings (SSSR count). The number of carbonyl (C=O) groups excluding carboxylic acids is 1. The van der Waals surface area contributed by atoms with Gasteiger partial charge in [0.25, 0.3) is 0 Å². The van der Waals surface area contributed by atoms with Crippen LogP contribution in [-0.4, -0.2) is 29.3 Å². The minimum absolute atomic E-state index is 0.0443. The third-order valence-corrected chi connectivity index (χ3v) is 5.50. The van der Waals surface area contributed by atoms with Crippen LogP contribution >= 0.6 is 23.4 Å². The van der Waals surface area contributed by atoms with E-state index >= 15 is 0 Å². The molecule has 0 unspecified atom stereocenters. The van der Waals surface area contributed by atoms with Crippen LogP contribution < -0.4 is 5.32 Å². The maximum Gasteiger partial charge on any atom is 0.226 e. The SMILES string of the molecule is CCC(CC)(CNC(=O)C(C)(C)CCl)SC. The Bertz CT molecular complexity index is 219. The fraction of sp³-hybridized carbons (Fsp3) is 0.917. The van der Waals surface area contributed by atoms with Gasteiger partial charge in [0.1, 0.15) is 0 Å². The molecular formula is C12H24ClNOS. The van der Waals surface area contributed by atoms with Gasteiger partial charge >= 0.3 is 0 Å². The number of nitrogens with one attached hydrogen (secondary N) is 1. The molecule has 0 saturated carbocycles. The summed E-state index contributed by atoms with van der Waals surface area (Å²) < 4.78 is 0.165. The molecule has 16 heavy (non-hydrogen) atoms. The Hall–Kier alpha value is 0.110. The number of hydrogen-bond donors (Lipinski definition) is 1. The monoisotopic (exact) mass is 265 g/mol. The molecule has 0 heterocycles. The van der Waals surface area contributed by atoms with Crippen LogP contribution in [0.5, 0.6) is 0 Å². The maximum absolute atomic E-state index is 11.9. The lowest BCUT2D eigenvalue weighted by Crippen LogP contribution is -2.45. The van der Waals surface area contributed by atoms with Crippen molar-refractivity contribution in [1.29, 1.82) is 0 Å². The van der Waals surface area contributed by atoms with E-state index in [1.807, 2.05) is 25.6 Å². The van der Waals surface area contributed by atoms with Gasteiger partial charge in [-0.1, -0.05) is 13.8 Å². The Morgan fingerprint density at radius 3 is 2.12 bits per heavy atom. The molecule has 2 nitrogen and oxygen atoms in total. The second-order valence-electron chi connectivity index (χ2n) is 4.79. The first kappa shape index (κ1) is 16.1. The molecule has 0 aromatic carbocycles. The summed E-state index contributed by atoms with van der Waals surface area (Å²) >= 11 is 7.60. The summed E-state index contributed by atoms with van der Waals surface area (Å²) in [6, 6.07) is 0. The van der Waals surface area contributed by atoms with Gasteiger partial charge in [-0.05, 0) is 32.9 Å². The standard InChI is InChI=1S/C12H24ClNOS/c1-6-12(7-2,16-5)9-14-10(15)11(3,4)8-13/h6-9H2,1-5H3,(H,14,15). The van der Waals surface area contributed by atoms with Gasteiger partial charge in [0.2, 0.25) is 5.91 Å². The van der Waals surface area contributed by atoms with Crippen LogP contribution in [0.4, 0.5) is 0 Å². The minimum Gasteiger partial charge on any atom is -0.354 e. The molecule has 0 radical (unpaired) electrons. The van der Waals surface area contributed by atoms with E-state index in [9.17, 15) is 4.79 Å². The zero-order valence-electron chi connectivity index (χ0n) is 11.0. The zero-order chi connectivity index (χ0) is 12.8. The molecule has 4 heteroatoms. The topological polar surface area (TPSA) is 29.1 Å². The highest BCUT2D eigenvalue weighted by Gasteiger charge is 2.30. The first-order valence-corrected chi connectivity index (χ1v) is 7.53. The predicted molar refractivity (Wildman–Crippen MR) is 74.3 cm³/mol. The molecule has 0 aromatic heterocycles. The van der Waals surface area contributed by atoms with Gasteiger partial charge in [-0.25, -0.2) is 0 Å². The third kappa shape index (κ3) is 4.17. The van der Waals surface area contributed by atoms with E-state index in [2.05, 4.69) is 25.4 Å². The number of carbonyl (C=O) groups is 1. The average Bonchev–Trinajstić information content (AvgIpc) is 2.31. The molecule has 0 aromatic rings. The Morgan fingerprint density at radius 2 is 1.81 bits per heavy atom. The average molecular weight is 266 g/mol. The van der Waals surface area contributed by atoms with Crippen LogP contribution in [-0.2, 0) is 4.79 Å². The van der Waals surface area contributed by atoms with Crippen molar-refractivity contribution in [2.75, 3.05) is 18.7 Å². The van der Waals surface area contributed by atoms with Gasteiger partial charge in [-0.2, -0.15) is 11.8 Å². The maximum atomic E-state index is 11.9. The molecule has 0 aliphatic rings. The Labute approximate surface area is 109 Å². The lowest BCUT2D eigenvalue weighted by Gasteiger charge is -2.31. The highest BCUT2D eigenvalue weighted by atomic mass is 35.5. The van der Waals surface area contributed by atoms with Crippen molar-refractivity contribution in [1.82, 2.24) is 5.32 Å². The van der Waals surface area contributed by atoms with Crippen molar-refractivity contribution in [3.05, 3.63) is 0 Å². The highest BCUT2D eigenvalue weighted by Crippen LogP contribution is 2.30. The zero-order valence-corrected chi connectivity index (χ0v) is 12.6. The van der Waals surface area contributed by atoms with Crippen LogP contribution in [0.2, 0.25) is 0 Å². The van der Waals surface area contributed by atoms with Crippen molar-refractivity contribution in [3.8, 4) is 0 Å². The van der Waals surface area contributed by atoms with Crippen molar-refractivity contribution in [2.24, 2.45) is 5.41 Å². The van der Waals surface area contributed by atoms with Crippen molar-refractivity contribution in [3.63, 3.8) is 0 Å². The number of amides is 1. The Morgan fingerprint density at radius 1 is 1.31 bits per heavy atom. The molecule has 0 spiro atoms. The normalized spacial score (nSPS) is 12.6. The molecule has 0 aliphatic carbocycles. The molecule has 0 aliphatic heterocycles. The van der Waals surface area contributed by atoms with Crippen LogP contribution in [0.15, 0.2) is 0 Å². The summed E-state index contributed by atoms with van der Waals surface area (Å²) in [6.45, 7) is 8.79. The molecule has 0 bridgehead atoms. The van der Waals surface area contributed by atoms with Gasteiger partial charge in [0, 0.05) is 17.2 Å². The molecule has 1 N–H and O–H groups in total. The molecule has 0 saturated heterocycles. The van der Waals surface area contributed by atoms with Crippen molar-refractivity contribution in [2.45, 2.75) is 45.3 Å². The van der Waals surface area contributed by atoms with E-state index in [1.165, 1.54) is 0 Å². The van der Waals surface area contributed by atoms with E-state index < -0.39 is 5.41 Å². The van der Waals surface area contributed by atoms with Gasteiger partial charge in [-0.15, -0.1) is 11.6 Å². The molecule has 1 amide bonds. The first-order chi connectivity index (χ1) is 7.37. The van der Waals surface area contributed by atoms with E-state index in [0.717, 1.165) is 19.4 Å². The quantitative estimate of drug-likeness (QED) is 0.716. The minimum atomic E-state index is -0.479. The summed E-state index contributed by atoms with van der Waals surface area (Å²) in [5, 5.41) is 3.02. The van der Waals surface area contributed by atoms with Crippen LogP contribution in [0.3, 0.4) is 0 Å².